The molecular weight excluding hydrogens is 524 g/mol. The molecule has 0 aliphatic carbocycles. The second kappa shape index (κ2) is 7.77. The van der Waals surface area contributed by atoms with Gasteiger partial charge in [0.15, 0.2) is 0 Å². The standard InChI is InChI=1S/C9H9ClS2Se4/c1-11-6-7(12-3-2-10)16-9(15-6)8-13-4-5-14-8/h4-5H,2-3H2,1H3. The molecule has 0 nitrogen and oxygen atoms in total. The summed E-state index contributed by atoms with van der Waals surface area (Å²) in [6.07, 6.45) is 2.23. The second-order valence-corrected chi connectivity index (χ2v) is 16.8. The van der Waals surface area contributed by atoms with Crippen molar-refractivity contribution in [3.8, 4) is 0 Å². The second-order valence-electron chi connectivity index (χ2n) is 2.60. The zero-order valence-electron chi connectivity index (χ0n) is 8.40. The third-order valence-corrected chi connectivity index (χ3v) is 21.1. The molecule has 88 valence electrons. The molecule has 0 aromatic rings. The molecule has 0 amide bonds. The minimum atomic E-state index is 0.653. The molecule has 0 fully saturated rings. The molecule has 2 rings (SSSR count). The van der Waals surface area contributed by atoms with Gasteiger partial charge in [-0.3, -0.25) is 0 Å². The summed E-state index contributed by atoms with van der Waals surface area (Å²) in [4.78, 5) is 4.81. The van der Waals surface area contributed by atoms with Gasteiger partial charge < -0.3 is 0 Å². The fourth-order valence-corrected chi connectivity index (χ4v) is 20.1. The molecule has 2 aliphatic rings. The number of rotatable bonds is 4. The summed E-state index contributed by atoms with van der Waals surface area (Å²) in [6.45, 7) is 0. The molecule has 0 radical (unpaired) electrons. The fourth-order valence-electron chi connectivity index (χ4n) is 1.00. The van der Waals surface area contributed by atoms with Crippen LogP contribution in [-0.2, 0) is 0 Å². The predicted octanol–water partition coefficient (Wildman–Crippen LogP) is 1.89. The van der Waals surface area contributed by atoms with Crippen LogP contribution in [0.25, 0.3) is 0 Å². The summed E-state index contributed by atoms with van der Waals surface area (Å²) >= 11 is 12.5. The monoisotopic (exact) mass is 536 g/mol. The maximum atomic E-state index is 5.78. The summed E-state index contributed by atoms with van der Waals surface area (Å²) in [5.74, 6) is 1.86. The molecule has 0 saturated heterocycles. The molecule has 0 unspecified atom stereocenters. The molecule has 7 heteroatoms. The summed E-state index contributed by atoms with van der Waals surface area (Å²) in [7, 11) is 0. The van der Waals surface area contributed by atoms with E-state index in [1.807, 2.05) is 30.3 Å². The van der Waals surface area contributed by atoms with Gasteiger partial charge in [-0.1, -0.05) is 0 Å². The molecule has 0 saturated carbocycles. The Morgan fingerprint density at radius 3 is 2.44 bits per heavy atom. The van der Waals surface area contributed by atoms with Crippen LogP contribution in [0.5, 0.6) is 0 Å². The van der Waals surface area contributed by atoms with E-state index in [4.69, 9.17) is 11.6 Å². The van der Waals surface area contributed by atoms with Crippen LogP contribution in [0.2, 0.25) is 0 Å². The van der Waals surface area contributed by atoms with Crippen LogP contribution in [0.3, 0.4) is 0 Å². The van der Waals surface area contributed by atoms with Crippen molar-refractivity contribution in [3.05, 3.63) is 24.3 Å². The van der Waals surface area contributed by atoms with Gasteiger partial charge in [0.2, 0.25) is 0 Å². The SMILES string of the molecule is CSC1=C(SCCCl)[Se]C(=C2[Se]C=C[Se]2)[Se]1. The van der Waals surface area contributed by atoms with E-state index in [2.05, 4.69) is 16.2 Å². The fraction of sp³-hybridized carbons (Fsp3) is 0.333. The van der Waals surface area contributed by atoms with Crippen molar-refractivity contribution >= 4 is 95.0 Å². The zero-order valence-corrected chi connectivity index (χ0v) is 17.6. The quantitative estimate of drug-likeness (QED) is 0.401. The Balaban J connectivity index is 2.04. The topological polar surface area (TPSA) is 0 Å². The molecule has 16 heavy (non-hydrogen) atoms. The first-order valence-corrected chi connectivity index (χ1v) is 14.3. The van der Waals surface area contributed by atoms with Gasteiger partial charge in [0.25, 0.3) is 0 Å². The predicted molar refractivity (Wildman–Crippen MR) is 82.9 cm³/mol. The first-order valence-electron chi connectivity index (χ1n) is 4.40. The Labute approximate surface area is 135 Å². The van der Waals surface area contributed by atoms with Gasteiger partial charge in [-0.2, -0.15) is 0 Å². The van der Waals surface area contributed by atoms with Gasteiger partial charge in [0, 0.05) is 0 Å². The van der Waals surface area contributed by atoms with Crippen LogP contribution < -0.4 is 0 Å². The van der Waals surface area contributed by atoms with Crippen molar-refractivity contribution in [1.82, 2.24) is 0 Å². The average Bonchev–Trinajstić information content (AvgIpc) is 2.94. The van der Waals surface area contributed by atoms with Crippen molar-refractivity contribution < 1.29 is 0 Å². The molecule has 2 aliphatic heterocycles. The van der Waals surface area contributed by atoms with Gasteiger partial charge >= 0.3 is 137 Å². The molecular formula is C9H9ClS2Se4. The third kappa shape index (κ3) is 3.89. The van der Waals surface area contributed by atoms with Crippen molar-refractivity contribution in [2.75, 3.05) is 17.9 Å². The van der Waals surface area contributed by atoms with Crippen LogP contribution in [0.4, 0.5) is 0 Å². The Morgan fingerprint density at radius 1 is 1.12 bits per heavy atom. The summed E-state index contributed by atoms with van der Waals surface area (Å²) < 4.78 is 7.06. The molecule has 0 atom stereocenters. The van der Waals surface area contributed by atoms with E-state index in [9.17, 15) is 0 Å². The van der Waals surface area contributed by atoms with Crippen LogP contribution >= 0.6 is 35.1 Å². The van der Waals surface area contributed by atoms with E-state index < -0.39 is 0 Å². The molecule has 0 spiro atoms. The normalized spacial score (nSPS) is 20.4. The average molecular weight is 533 g/mol. The summed E-state index contributed by atoms with van der Waals surface area (Å²) in [6, 6.07) is 0. The van der Waals surface area contributed by atoms with E-state index in [0.717, 1.165) is 11.6 Å². The van der Waals surface area contributed by atoms with E-state index in [0.29, 0.717) is 59.8 Å². The van der Waals surface area contributed by atoms with Gasteiger partial charge in [-0.25, -0.2) is 0 Å². The van der Waals surface area contributed by atoms with Crippen LogP contribution in [0, 0.1) is 0 Å². The first-order chi connectivity index (χ1) is 7.85. The Kier molecular flexibility index (Phi) is 7.14. The van der Waals surface area contributed by atoms with Crippen molar-refractivity contribution in [3.63, 3.8) is 0 Å². The van der Waals surface area contributed by atoms with E-state index in [1.165, 1.54) is 0 Å². The van der Waals surface area contributed by atoms with Crippen LogP contribution in [0.1, 0.15) is 0 Å². The van der Waals surface area contributed by atoms with E-state index >= 15 is 0 Å². The summed E-state index contributed by atoms with van der Waals surface area (Å²) in [5.41, 5.74) is 0. The van der Waals surface area contributed by atoms with Crippen LogP contribution in [-0.4, -0.2) is 77.7 Å². The van der Waals surface area contributed by atoms with Gasteiger partial charge in [-0.15, -0.1) is 0 Å². The molecule has 0 N–H and O–H groups in total. The van der Waals surface area contributed by atoms with Crippen molar-refractivity contribution in [2.45, 2.75) is 0 Å². The Hall–Kier alpha value is 2.29. The van der Waals surface area contributed by atoms with E-state index in [-0.39, 0.29) is 0 Å². The Morgan fingerprint density at radius 2 is 1.81 bits per heavy atom. The third-order valence-electron chi connectivity index (χ3n) is 1.61. The zero-order chi connectivity index (χ0) is 11.4. The number of hydrogen-bond donors (Lipinski definition) is 0. The summed E-state index contributed by atoms with van der Waals surface area (Å²) in [5, 5.41) is 0. The van der Waals surface area contributed by atoms with Gasteiger partial charge in [-0.05, 0) is 0 Å². The van der Waals surface area contributed by atoms with Gasteiger partial charge in [0.05, 0.1) is 0 Å². The van der Waals surface area contributed by atoms with E-state index in [1.54, 1.807) is 7.61 Å². The Bertz CT molecular complexity index is 355. The number of halogens is 1. The molecule has 0 aromatic carbocycles. The molecule has 0 bridgehead atoms. The number of alkyl halides is 1. The van der Waals surface area contributed by atoms with Crippen molar-refractivity contribution in [2.24, 2.45) is 0 Å². The molecule has 2 heterocycles. The van der Waals surface area contributed by atoms with Gasteiger partial charge in [0.1, 0.15) is 0 Å². The minimum absolute atomic E-state index is 0.653. The van der Waals surface area contributed by atoms with Crippen LogP contribution in [0.15, 0.2) is 24.3 Å². The number of thioether (sulfide) groups is 2. The first kappa shape index (κ1) is 14.7. The van der Waals surface area contributed by atoms with Crippen molar-refractivity contribution in [1.29, 1.82) is 0 Å². The molecule has 0 aromatic heterocycles. The maximum absolute atomic E-state index is 5.78. The number of hydrogen-bond acceptors (Lipinski definition) is 2.